The van der Waals surface area contributed by atoms with E-state index in [0.29, 0.717) is 50.5 Å². The lowest BCUT2D eigenvalue weighted by Gasteiger charge is -2.35. The molecule has 0 aliphatic carbocycles. The average molecular weight is 366 g/mol. The Hall–Kier alpha value is -3.09. The molecular weight excluding hydrogens is 344 g/mol. The molecule has 0 atom stereocenters. The van der Waals surface area contributed by atoms with Crippen LogP contribution in [-0.4, -0.2) is 57.8 Å². The van der Waals surface area contributed by atoms with Crippen LogP contribution in [0.15, 0.2) is 41.1 Å². The number of carbonyl (C=O) groups is 2. The van der Waals surface area contributed by atoms with Crippen molar-refractivity contribution in [3.05, 3.63) is 53.7 Å². The zero-order valence-electron chi connectivity index (χ0n) is 15.3. The molecule has 1 fully saturated rings. The average Bonchev–Trinajstić information content (AvgIpc) is 3.30. The van der Waals surface area contributed by atoms with E-state index in [9.17, 15) is 9.59 Å². The summed E-state index contributed by atoms with van der Waals surface area (Å²) in [6.45, 7) is 4.11. The summed E-state index contributed by atoms with van der Waals surface area (Å²) in [5.74, 6) is 0.796. The number of piperazine rings is 1. The van der Waals surface area contributed by atoms with E-state index in [0.717, 1.165) is 16.6 Å². The molecular formula is C20H22N4O3. The highest BCUT2D eigenvalue weighted by molar-refractivity contribution is 5.82. The van der Waals surface area contributed by atoms with Gasteiger partial charge in [0, 0.05) is 45.5 Å². The predicted octanol–water partition coefficient (Wildman–Crippen LogP) is 1.92. The Kier molecular flexibility index (Phi) is 4.66. The molecule has 4 rings (SSSR count). The van der Waals surface area contributed by atoms with Gasteiger partial charge in [0.15, 0.2) is 11.5 Å². The summed E-state index contributed by atoms with van der Waals surface area (Å²) in [5.41, 5.74) is 3.40. The molecule has 2 aromatic heterocycles. The van der Waals surface area contributed by atoms with Crippen molar-refractivity contribution in [1.82, 2.24) is 19.8 Å². The fraction of sp³-hybridized carbons (Fsp3) is 0.350. The van der Waals surface area contributed by atoms with Crippen LogP contribution in [0.1, 0.15) is 17.0 Å². The third-order valence-corrected chi connectivity index (χ3v) is 4.92. The number of aromatic nitrogens is 2. The Balaban J connectivity index is 1.31. The SMILES string of the molecule is Cc1nc2ccc(CC(=O)N3CCN(C(=O)Cc4cc[nH]c4)CC3)cc2o1. The molecule has 0 saturated carbocycles. The van der Waals surface area contributed by atoms with Gasteiger partial charge in [-0.05, 0) is 29.3 Å². The lowest BCUT2D eigenvalue weighted by Crippen LogP contribution is -2.51. The Morgan fingerprint density at radius 2 is 1.70 bits per heavy atom. The Morgan fingerprint density at radius 1 is 1.04 bits per heavy atom. The van der Waals surface area contributed by atoms with Gasteiger partial charge in [0.25, 0.3) is 0 Å². The van der Waals surface area contributed by atoms with Gasteiger partial charge in [0.05, 0.1) is 12.8 Å². The minimum atomic E-state index is 0.0725. The van der Waals surface area contributed by atoms with Crippen molar-refractivity contribution in [3.8, 4) is 0 Å². The van der Waals surface area contributed by atoms with Crippen LogP contribution in [0.5, 0.6) is 0 Å². The number of carbonyl (C=O) groups excluding carboxylic acids is 2. The zero-order chi connectivity index (χ0) is 18.8. The number of benzene rings is 1. The highest BCUT2D eigenvalue weighted by Crippen LogP contribution is 2.18. The second-order valence-corrected chi connectivity index (χ2v) is 6.87. The second kappa shape index (κ2) is 7.26. The highest BCUT2D eigenvalue weighted by atomic mass is 16.3. The molecule has 1 aliphatic heterocycles. The maximum absolute atomic E-state index is 12.6. The van der Waals surface area contributed by atoms with Crippen LogP contribution in [0.2, 0.25) is 0 Å². The fourth-order valence-electron chi connectivity index (χ4n) is 3.44. The number of fused-ring (bicyclic) bond motifs is 1. The monoisotopic (exact) mass is 366 g/mol. The van der Waals surface area contributed by atoms with E-state index in [4.69, 9.17) is 4.42 Å². The van der Waals surface area contributed by atoms with Crippen LogP contribution >= 0.6 is 0 Å². The molecule has 1 N–H and O–H groups in total. The van der Waals surface area contributed by atoms with E-state index >= 15 is 0 Å². The van der Waals surface area contributed by atoms with Gasteiger partial charge in [-0.1, -0.05) is 6.07 Å². The Morgan fingerprint density at radius 3 is 2.33 bits per heavy atom. The molecule has 1 saturated heterocycles. The van der Waals surface area contributed by atoms with E-state index in [1.165, 1.54) is 0 Å². The van der Waals surface area contributed by atoms with Gasteiger partial charge in [0.1, 0.15) is 5.52 Å². The first-order valence-corrected chi connectivity index (χ1v) is 9.12. The number of aryl methyl sites for hydroxylation is 1. The summed E-state index contributed by atoms with van der Waals surface area (Å²) in [6.07, 6.45) is 4.38. The van der Waals surface area contributed by atoms with Gasteiger partial charge in [-0.15, -0.1) is 0 Å². The number of nitrogens with zero attached hydrogens (tertiary/aromatic N) is 3. The number of aromatic amines is 1. The number of rotatable bonds is 4. The van der Waals surface area contributed by atoms with Gasteiger partial charge in [-0.25, -0.2) is 4.98 Å². The lowest BCUT2D eigenvalue weighted by atomic mass is 10.1. The third kappa shape index (κ3) is 3.86. The number of nitrogens with one attached hydrogen (secondary N) is 1. The van der Waals surface area contributed by atoms with E-state index in [2.05, 4.69) is 9.97 Å². The molecule has 3 heterocycles. The maximum Gasteiger partial charge on any atom is 0.227 e. The number of oxazole rings is 1. The Bertz CT molecular complexity index is 953. The van der Waals surface area contributed by atoms with Crippen LogP contribution in [-0.2, 0) is 22.4 Å². The minimum Gasteiger partial charge on any atom is -0.441 e. The van der Waals surface area contributed by atoms with E-state index < -0.39 is 0 Å². The standard InChI is InChI=1S/C20H22N4O3/c1-14-22-17-3-2-15(10-18(17)27-14)11-19(25)23-6-8-24(9-7-23)20(26)12-16-4-5-21-13-16/h2-5,10,13,21H,6-9,11-12H2,1H3. The maximum atomic E-state index is 12.6. The number of H-pyrrole nitrogens is 1. The summed E-state index contributed by atoms with van der Waals surface area (Å²) in [7, 11) is 0. The highest BCUT2D eigenvalue weighted by Gasteiger charge is 2.24. The molecule has 27 heavy (non-hydrogen) atoms. The molecule has 0 unspecified atom stereocenters. The summed E-state index contributed by atoms with van der Waals surface area (Å²) in [5, 5.41) is 0. The summed E-state index contributed by atoms with van der Waals surface area (Å²) < 4.78 is 5.54. The normalized spacial score (nSPS) is 14.7. The quantitative estimate of drug-likeness (QED) is 0.765. The Labute approximate surface area is 157 Å². The summed E-state index contributed by atoms with van der Waals surface area (Å²) in [4.78, 5) is 35.9. The number of hydrogen-bond donors (Lipinski definition) is 1. The first kappa shape index (κ1) is 17.3. The summed E-state index contributed by atoms with van der Waals surface area (Å²) >= 11 is 0. The largest absolute Gasteiger partial charge is 0.441 e. The van der Waals surface area contributed by atoms with Gasteiger partial charge in [-0.3, -0.25) is 9.59 Å². The van der Waals surface area contributed by atoms with Gasteiger partial charge in [0.2, 0.25) is 11.8 Å². The molecule has 0 spiro atoms. The minimum absolute atomic E-state index is 0.0725. The molecule has 0 bridgehead atoms. The van der Waals surface area contributed by atoms with Crippen LogP contribution in [0.3, 0.4) is 0 Å². The molecule has 1 aliphatic rings. The van der Waals surface area contributed by atoms with Gasteiger partial charge < -0.3 is 19.2 Å². The molecule has 3 aromatic rings. The number of hydrogen-bond acceptors (Lipinski definition) is 4. The van der Waals surface area contributed by atoms with Crippen molar-refractivity contribution in [1.29, 1.82) is 0 Å². The van der Waals surface area contributed by atoms with Crippen molar-refractivity contribution in [3.63, 3.8) is 0 Å². The van der Waals surface area contributed by atoms with Gasteiger partial charge in [-0.2, -0.15) is 0 Å². The van der Waals surface area contributed by atoms with Crippen molar-refractivity contribution in [2.45, 2.75) is 19.8 Å². The summed E-state index contributed by atoms with van der Waals surface area (Å²) in [6, 6.07) is 7.58. The first-order valence-electron chi connectivity index (χ1n) is 9.12. The molecule has 7 nitrogen and oxygen atoms in total. The van der Waals surface area contributed by atoms with E-state index in [-0.39, 0.29) is 11.8 Å². The molecule has 140 valence electrons. The van der Waals surface area contributed by atoms with Crippen molar-refractivity contribution >= 4 is 22.9 Å². The molecule has 1 aromatic carbocycles. The van der Waals surface area contributed by atoms with Gasteiger partial charge >= 0.3 is 0 Å². The van der Waals surface area contributed by atoms with Crippen molar-refractivity contribution in [2.24, 2.45) is 0 Å². The fourth-order valence-corrected chi connectivity index (χ4v) is 3.44. The molecule has 0 radical (unpaired) electrons. The van der Waals surface area contributed by atoms with E-state index in [1.807, 2.05) is 53.4 Å². The van der Waals surface area contributed by atoms with Crippen LogP contribution in [0.25, 0.3) is 11.1 Å². The first-order chi connectivity index (χ1) is 13.1. The predicted molar refractivity (Wildman–Crippen MR) is 100 cm³/mol. The topological polar surface area (TPSA) is 82.4 Å². The zero-order valence-corrected chi connectivity index (χ0v) is 15.3. The van der Waals surface area contributed by atoms with E-state index in [1.54, 1.807) is 0 Å². The van der Waals surface area contributed by atoms with Crippen LogP contribution in [0.4, 0.5) is 0 Å². The van der Waals surface area contributed by atoms with Crippen LogP contribution in [0, 0.1) is 6.92 Å². The molecule has 7 heteroatoms. The van der Waals surface area contributed by atoms with Crippen molar-refractivity contribution in [2.75, 3.05) is 26.2 Å². The molecule has 2 amide bonds. The second-order valence-electron chi connectivity index (χ2n) is 6.87. The smallest absolute Gasteiger partial charge is 0.227 e. The third-order valence-electron chi connectivity index (χ3n) is 4.92. The number of amides is 2. The van der Waals surface area contributed by atoms with Crippen LogP contribution < -0.4 is 0 Å². The van der Waals surface area contributed by atoms with Crippen molar-refractivity contribution < 1.29 is 14.0 Å². The lowest BCUT2D eigenvalue weighted by molar-refractivity contribution is -0.138.